The molecule has 2 heterocycles. The number of piperidine rings is 1. The van der Waals surface area contributed by atoms with Gasteiger partial charge in [0.2, 0.25) is 5.91 Å². The number of carbonyl (C=O) groups is 1. The molecular formula is C23H25ClN2O2S. The number of rotatable bonds is 4. The minimum atomic E-state index is -0.901. The number of para-hydroxylation sites is 1. The van der Waals surface area contributed by atoms with E-state index >= 15 is 0 Å². The van der Waals surface area contributed by atoms with Crippen LogP contribution in [0.3, 0.4) is 0 Å². The summed E-state index contributed by atoms with van der Waals surface area (Å²) in [5.41, 5.74) is 3.04. The Labute approximate surface area is 179 Å². The zero-order valence-electron chi connectivity index (χ0n) is 16.5. The van der Waals surface area contributed by atoms with Gasteiger partial charge in [0.15, 0.2) is 0 Å². The lowest BCUT2D eigenvalue weighted by molar-refractivity contribution is -0.120. The van der Waals surface area contributed by atoms with Gasteiger partial charge in [-0.15, -0.1) is 0 Å². The fraction of sp³-hybridized carbons (Fsp3) is 0.435. The Morgan fingerprint density at radius 3 is 2.48 bits per heavy atom. The van der Waals surface area contributed by atoms with E-state index < -0.39 is 16.4 Å². The lowest BCUT2D eigenvalue weighted by Crippen LogP contribution is -2.41. The number of anilines is 1. The van der Waals surface area contributed by atoms with Crippen molar-refractivity contribution in [3.05, 3.63) is 64.7 Å². The molecule has 3 atom stereocenters. The normalized spacial score (nSPS) is 28.0. The second kappa shape index (κ2) is 7.22. The molecule has 4 nitrogen and oxygen atoms in total. The summed E-state index contributed by atoms with van der Waals surface area (Å²) < 4.78 is 13.7. The molecule has 29 heavy (non-hydrogen) atoms. The fourth-order valence-corrected chi connectivity index (χ4v) is 6.09. The third kappa shape index (κ3) is 3.15. The van der Waals surface area contributed by atoms with Crippen LogP contribution in [0.1, 0.15) is 36.3 Å². The highest BCUT2D eigenvalue weighted by Crippen LogP contribution is 2.66. The van der Waals surface area contributed by atoms with Crippen molar-refractivity contribution in [1.29, 1.82) is 0 Å². The van der Waals surface area contributed by atoms with Crippen molar-refractivity contribution in [3.8, 4) is 0 Å². The second-order valence-electron chi connectivity index (χ2n) is 8.51. The Morgan fingerprint density at radius 1 is 1.10 bits per heavy atom. The maximum atomic E-state index is 13.7. The average Bonchev–Trinajstić information content (AvgIpc) is 3.44. The van der Waals surface area contributed by atoms with Gasteiger partial charge in [-0.3, -0.25) is 4.79 Å². The van der Waals surface area contributed by atoms with E-state index in [1.54, 1.807) is 6.26 Å². The molecule has 0 radical (unpaired) electrons. The Hall–Kier alpha value is -1.69. The van der Waals surface area contributed by atoms with Crippen LogP contribution in [-0.4, -0.2) is 40.3 Å². The van der Waals surface area contributed by atoms with E-state index in [0.29, 0.717) is 5.92 Å². The van der Waals surface area contributed by atoms with Crippen LogP contribution in [-0.2, 0) is 21.2 Å². The summed E-state index contributed by atoms with van der Waals surface area (Å²) in [6, 6.07) is 16.2. The van der Waals surface area contributed by atoms with Crippen LogP contribution in [0.4, 0.5) is 5.69 Å². The van der Waals surface area contributed by atoms with E-state index in [-0.39, 0.29) is 11.8 Å². The summed E-state index contributed by atoms with van der Waals surface area (Å²) in [5, 5.41) is 0.725. The van der Waals surface area contributed by atoms with E-state index in [1.807, 2.05) is 33.5 Å². The van der Waals surface area contributed by atoms with E-state index in [2.05, 4.69) is 24.3 Å². The van der Waals surface area contributed by atoms with E-state index in [9.17, 15) is 9.00 Å². The lowest BCUT2D eigenvalue weighted by atomic mass is 9.92. The van der Waals surface area contributed by atoms with Gasteiger partial charge in [-0.2, -0.15) is 0 Å². The van der Waals surface area contributed by atoms with Gasteiger partial charge < -0.3 is 4.90 Å². The van der Waals surface area contributed by atoms with Gasteiger partial charge >= 0.3 is 0 Å². The number of fused-ring (bicyclic) bond motifs is 2. The number of hydrogen-bond donors (Lipinski definition) is 0. The van der Waals surface area contributed by atoms with Crippen molar-refractivity contribution in [2.45, 2.75) is 30.6 Å². The molecule has 2 fully saturated rings. The number of benzene rings is 2. The predicted molar refractivity (Wildman–Crippen MR) is 118 cm³/mol. The van der Waals surface area contributed by atoms with Crippen molar-refractivity contribution in [2.24, 2.45) is 5.92 Å². The van der Waals surface area contributed by atoms with Crippen molar-refractivity contribution >= 4 is 34.2 Å². The monoisotopic (exact) mass is 428 g/mol. The Balaban J connectivity index is 1.39. The van der Waals surface area contributed by atoms with Crippen LogP contribution in [0, 0.1) is 5.92 Å². The molecule has 2 aromatic carbocycles. The third-order valence-corrected chi connectivity index (χ3v) is 8.26. The van der Waals surface area contributed by atoms with Gasteiger partial charge in [0.1, 0.15) is 0 Å². The molecular weight excluding hydrogens is 404 g/mol. The van der Waals surface area contributed by atoms with Gasteiger partial charge in [-0.1, -0.05) is 41.9 Å². The molecule has 1 amide bonds. The van der Waals surface area contributed by atoms with Crippen LogP contribution in [0.2, 0.25) is 5.02 Å². The number of nitrogens with zero attached hydrogens (tertiary/aromatic N) is 2. The van der Waals surface area contributed by atoms with Crippen LogP contribution in [0.25, 0.3) is 0 Å². The number of amides is 1. The Bertz CT molecular complexity index is 971. The minimum Gasteiger partial charge on any atom is -0.311 e. The van der Waals surface area contributed by atoms with Gasteiger partial charge in [-0.25, -0.2) is 8.51 Å². The number of halogens is 1. The van der Waals surface area contributed by atoms with Gasteiger partial charge in [-0.05, 0) is 54.5 Å². The summed E-state index contributed by atoms with van der Waals surface area (Å²) in [5.74, 6) is 0.928. The topological polar surface area (TPSA) is 40.6 Å². The first-order valence-electron chi connectivity index (χ1n) is 10.3. The van der Waals surface area contributed by atoms with Crippen LogP contribution < -0.4 is 4.90 Å². The third-order valence-electron chi connectivity index (χ3n) is 6.91. The summed E-state index contributed by atoms with van der Waals surface area (Å²) in [4.78, 5) is 15.7. The van der Waals surface area contributed by atoms with Gasteiger partial charge in [0.25, 0.3) is 0 Å². The Morgan fingerprint density at radius 2 is 1.79 bits per heavy atom. The maximum Gasteiger partial charge on any atom is 0.238 e. The second-order valence-corrected chi connectivity index (χ2v) is 10.3. The zero-order valence-corrected chi connectivity index (χ0v) is 18.1. The molecule has 1 unspecified atom stereocenters. The molecule has 6 heteroatoms. The fourth-order valence-electron chi connectivity index (χ4n) is 5.23. The van der Waals surface area contributed by atoms with Crippen molar-refractivity contribution in [3.63, 3.8) is 0 Å². The summed E-state index contributed by atoms with van der Waals surface area (Å²) in [6.07, 6.45) is 4.58. The van der Waals surface area contributed by atoms with E-state index in [0.717, 1.165) is 49.6 Å². The smallest absolute Gasteiger partial charge is 0.238 e. The van der Waals surface area contributed by atoms with E-state index in [1.165, 1.54) is 11.1 Å². The minimum absolute atomic E-state index is 0.225. The summed E-state index contributed by atoms with van der Waals surface area (Å²) >= 11 is 6.06. The van der Waals surface area contributed by atoms with Gasteiger partial charge in [0, 0.05) is 42.5 Å². The zero-order chi connectivity index (χ0) is 20.2. The molecule has 0 aromatic heterocycles. The molecule has 2 aromatic rings. The predicted octanol–water partition coefficient (Wildman–Crippen LogP) is 4.12. The molecule has 1 spiro atoms. The summed E-state index contributed by atoms with van der Waals surface area (Å²) in [6.45, 7) is 2.45. The molecule has 1 aliphatic carbocycles. The average molecular weight is 429 g/mol. The number of carbonyl (C=O) groups excluding carboxylic acids is 1. The molecule has 1 saturated heterocycles. The quantitative estimate of drug-likeness (QED) is 0.735. The lowest BCUT2D eigenvalue weighted by Gasteiger charge is -2.32. The molecule has 5 rings (SSSR count). The summed E-state index contributed by atoms with van der Waals surface area (Å²) in [7, 11) is -0.901. The van der Waals surface area contributed by atoms with Crippen LogP contribution in [0.5, 0.6) is 0 Å². The van der Waals surface area contributed by atoms with Crippen LogP contribution in [0.15, 0.2) is 48.5 Å². The molecule has 1 saturated carbocycles. The highest BCUT2D eigenvalue weighted by atomic mass is 35.5. The first-order valence-corrected chi connectivity index (χ1v) is 12.2. The standard InChI is InChI=1S/C23H25ClN2O2S/c1-29(28)25-12-10-16(11-13-25)15-26-21-5-3-2-4-19(21)23(22(26)27)14-20(23)17-6-8-18(24)9-7-17/h2-9,16,20H,10-15H2,1H3/t20-,23-,29?/m0/s1. The van der Waals surface area contributed by atoms with Crippen molar-refractivity contribution in [2.75, 3.05) is 30.8 Å². The highest BCUT2D eigenvalue weighted by Gasteiger charge is 2.67. The van der Waals surface area contributed by atoms with Crippen molar-refractivity contribution < 1.29 is 9.00 Å². The largest absolute Gasteiger partial charge is 0.311 e. The van der Waals surface area contributed by atoms with Crippen LogP contribution >= 0.6 is 11.6 Å². The maximum absolute atomic E-state index is 13.7. The Kier molecular flexibility index (Phi) is 4.80. The molecule has 152 valence electrons. The molecule has 2 aliphatic heterocycles. The number of hydrogen-bond acceptors (Lipinski definition) is 2. The highest BCUT2D eigenvalue weighted by molar-refractivity contribution is 7.81. The molecule has 0 bridgehead atoms. The SMILES string of the molecule is CS(=O)N1CCC(CN2C(=O)[C@@]3(C[C@H]3c3ccc(Cl)cc3)c3ccccc32)CC1. The van der Waals surface area contributed by atoms with Gasteiger partial charge in [0.05, 0.1) is 16.4 Å². The molecule has 0 N–H and O–H groups in total. The first-order chi connectivity index (χ1) is 14.0. The van der Waals surface area contributed by atoms with E-state index in [4.69, 9.17) is 11.6 Å². The molecule has 3 aliphatic rings. The van der Waals surface area contributed by atoms with Crippen molar-refractivity contribution in [1.82, 2.24) is 4.31 Å². The first kappa shape index (κ1) is 19.3.